The second kappa shape index (κ2) is 6.45. The number of furan rings is 1. The third kappa shape index (κ3) is 3.53. The first-order valence-corrected chi connectivity index (χ1v) is 6.46. The smallest absolute Gasteiger partial charge is 0.291 e. The van der Waals surface area contributed by atoms with Gasteiger partial charge in [-0.3, -0.25) is 4.79 Å². The molecule has 0 unspecified atom stereocenters. The molecule has 1 amide bonds. The number of carbonyl (C=O) groups is 1. The summed E-state index contributed by atoms with van der Waals surface area (Å²) in [5, 5.41) is 11.8. The van der Waals surface area contributed by atoms with Crippen LogP contribution in [0.15, 0.2) is 40.8 Å². The topological polar surface area (TPSA) is 65.7 Å². The molecular weight excluding hydrogens is 280 g/mol. The molecule has 5 nitrogen and oxygen atoms in total. The number of likely N-dealkylation sites (N-methyl/N-ethyl adjacent to an activating group) is 1. The number of benzene rings is 1. The minimum Gasteiger partial charge on any atom is -0.440 e. The normalized spacial score (nSPS) is 10.3. The number of nitrogens with one attached hydrogen (secondary N) is 1. The lowest BCUT2D eigenvalue weighted by molar-refractivity contribution is 0.0997. The van der Waals surface area contributed by atoms with Gasteiger partial charge >= 0.3 is 0 Å². The maximum atomic E-state index is 11.8. The molecule has 0 fully saturated rings. The van der Waals surface area contributed by atoms with Gasteiger partial charge in [0.15, 0.2) is 11.0 Å². The Bertz CT molecular complexity index is 580. The third-order valence-electron chi connectivity index (χ3n) is 2.80. The number of hydrogen-bond acceptors (Lipinski definition) is 4. The van der Waals surface area contributed by atoms with Gasteiger partial charge in [0.05, 0.1) is 6.61 Å². The van der Waals surface area contributed by atoms with Crippen molar-refractivity contribution in [2.75, 3.05) is 30.4 Å². The van der Waals surface area contributed by atoms with Crippen LogP contribution in [0.25, 0.3) is 0 Å². The zero-order valence-corrected chi connectivity index (χ0v) is 11.7. The Hall–Kier alpha value is -1.98. The summed E-state index contributed by atoms with van der Waals surface area (Å²) in [4.78, 5) is 13.8. The number of anilines is 2. The van der Waals surface area contributed by atoms with Crippen LogP contribution >= 0.6 is 11.6 Å². The molecule has 1 aromatic heterocycles. The van der Waals surface area contributed by atoms with Crippen LogP contribution in [0, 0.1) is 0 Å². The Labute approximate surface area is 121 Å². The molecule has 0 spiro atoms. The number of hydrogen-bond donors (Lipinski definition) is 2. The van der Waals surface area contributed by atoms with Crippen LogP contribution in [-0.4, -0.2) is 31.2 Å². The molecule has 2 aromatic rings. The summed E-state index contributed by atoms with van der Waals surface area (Å²) in [7, 11) is 1.88. The van der Waals surface area contributed by atoms with Gasteiger partial charge in [0, 0.05) is 25.0 Å². The molecule has 1 heterocycles. The van der Waals surface area contributed by atoms with Crippen molar-refractivity contribution in [2.24, 2.45) is 0 Å². The predicted molar refractivity (Wildman–Crippen MR) is 78.5 cm³/mol. The first kappa shape index (κ1) is 14.4. The van der Waals surface area contributed by atoms with Gasteiger partial charge in [-0.25, -0.2) is 0 Å². The third-order valence-corrected chi connectivity index (χ3v) is 3.00. The molecule has 1 aromatic carbocycles. The largest absolute Gasteiger partial charge is 0.440 e. The van der Waals surface area contributed by atoms with E-state index >= 15 is 0 Å². The average molecular weight is 295 g/mol. The van der Waals surface area contributed by atoms with Crippen LogP contribution in [0.4, 0.5) is 11.4 Å². The van der Waals surface area contributed by atoms with Gasteiger partial charge in [0.25, 0.3) is 5.91 Å². The summed E-state index contributed by atoms with van der Waals surface area (Å²) in [5.74, 6) is -0.190. The van der Waals surface area contributed by atoms with Crippen molar-refractivity contribution in [3.8, 4) is 0 Å². The molecule has 20 heavy (non-hydrogen) atoms. The Balaban J connectivity index is 2.02. The fourth-order valence-electron chi connectivity index (χ4n) is 1.71. The van der Waals surface area contributed by atoms with Crippen LogP contribution in [0.5, 0.6) is 0 Å². The fourth-order valence-corrected chi connectivity index (χ4v) is 1.85. The molecule has 0 aliphatic rings. The molecule has 2 rings (SSSR count). The van der Waals surface area contributed by atoms with Gasteiger partial charge < -0.3 is 19.7 Å². The maximum Gasteiger partial charge on any atom is 0.291 e. The van der Waals surface area contributed by atoms with Crippen molar-refractivity contribution in [2.45, 2.75) is 0 Å². The Morgan fingerprint density at radius 3 is 2.55 bits per heavy atom. The highest BCUT2D eigenvalue weighted by atomic mass is 35.5. The van der Waals surface area contributed by atoms with E-state index in [0.29, 0.717) is 12.2 Å². The minimum absolute atomic E-state index is 0.0915. The molecule has 2 N–H and O–H groups in total. The van der Waals surface area contributed by atoms with Gasteiger partial charge in [-0.05, 0) is 48.0 Å². The molecule has 0 aliphatic carbocycles. The molecule has 0 atom stereocenters. The van der Waals surface area contributed by atoms with E-state index in [0.717, 1.165) is 5.69 Å². The molecule has 0 saturated carbocycles. The van der Waals surface area contributed by atoms with E-state index in [2.05, 4.69) is 5.32 Å². The lowest BCUT2D eigenvalue weighted by atomic mass is 10.2. The lowest BCUT2D eigenvalue weighted by Crippen LogP contribution is -2.21. The molecular formula is C14H15ClN2O3. The number of amides is 1. The SMILES string of the molecule is CN(CCO)c1ccc(NC(=O)c2ccc(Cl)o2)cc1. The molecule has 0 bridgehead atoms. The van der Waals surface area contributed by atoms with Crippen LogP contribution in [0.1, 0.15) is 10.6 Å². The maximum absolute atomic E-state index is 11.8. The number of rotatable bonds is 5. The summed E-state index contributed by atoms with van der Waals surface area (Å²) in [6, 6.07) is 10.3. The average Bonchev–Trinajstić information content (AvgIpc) is 2.86. The molecule has 106 valence electrons. The van der Waals surface area contributed by atoms with Crippen molar-refractivity contribution in [3.05, 3.63) is 47.4 Å². The molecule has 0 aliphatic heterocycles. The highest BCUT2D eigenvalue weighted by molar-refractivity contribution is 6.29. The Morgan fingerprint density at radius 1 is 1.30 bits per heavy atom. The number of aliphatic hydroxyl groups excluding tert-OH is 1. The van der Waals surface area contributed by atoms with E-state index < -0.39 is 0 Å². The van der Waals surface area contributed by atoms with Crippen LogP contribution < -0.4 is 10.2 Å². The molecule has 0 saturated heterocycles. The summed E-state index contributed by atoms with van der Waals surface area (Å²) >= 11 is 5.62. The number of carbonyl (C=O) groups excluding carboxylic acids is 1. The molecule has 6 heteroatoms. The van der Waals surface area contributed by atoms with E-state index in [1.165, 1.54) is 12.1 Å². The zero-order valence-electron chi connectivity index (χ0n) is 11.0. The number of nitrogens with zero attached hydrogens (tertiary/aromatic N) is 1. The number of aliphatic hydroxyl groups is 1. The second-order valence-electron chi connectivity index (χ2n) is 4.25. The van der Waals surface area contributed by atoms with Crippen molar-refractivity contribution < 1.29 is 14.3 Å². The summed E-state index contributed by atoms with van der Waals surface area (Å²) in [6.45, 7) is 0.644. The predicted octanol–water partition coefficient (Wildman–Crippen LogP) is 2.61. The van der Waals surface area contributed by atoms with Crippen LogP contribution in [0.3, 0.4) is 0 Å². The Kier molecular flexibility index (Phi) is 4.65. The van der Waals surface area contributed by atoms with Crippen LogP contribution in [0.2, 0.25) is 5.22 Å². The fraction of sp³-hybridized carbons (Fsp3) is 0.214. The first-order valence-electron chi connectivity index (χ1n) is 6.09. The quantitative estimate of drug-likeness (QED) is 0.889. The standard InChI is InChI=1S/C14H15ClN2O3/c1-17(8-9-18)11-4-2-10(3-5-11)16-14(19)12-6-7-13(15)20-12/h2-7,18H,8-9H2,1H3,(H,16,19). The summed E-state index contributed by atoms with van der Waals surface area (Å²) in [6.07, 6.45) is 0. The van der Waals surface area contributed by atoms with E-state index in [1.807, 2.05) is 24.1 Å². The van der Waals surface area contributed by atoms with Crippen molar-refractivity contribution in [1.29, 1.82) is 0 Å². The van der Waals surface area contributed by atoms with Gasteiger partial charge in [-0.1, -0.05) is 0 Å². The number of halogens is 1. The second-order valence-corrected chi connectivity index (χ2v) is 4.62. The van der Waals surface area contributed by atoms with E-state index in [1.54, 1.807) is 12.1 Å². The summed E-state index contributed by atoms with van der Waals surface area (Å²) in [5.41, 5.74) is 1.61. The van der Waals surface area contributed by atoms with E-state index in [-0.39, 0.29) is 23.5 Å². The lowest BCUT2D eigenvalue weighted by Gasteiger charge is -2.18. The minimum atomic E-state index is -0.353. The van der Waals surface area contributed by atoms with Gasteiger partial charge in [0.1, 0.15) is 0 Å². The van der Waals surface area contributed by atoms with Gasteiger partial charge in [-0.15, -0.1) is 0 Å². The van der Waals surface area contributed by atoms with Crippen molar-refractivity contribution >= 4 is 28.9 Å². The van der Waals surface area contributed by atoms with Crippen molar-refractivity contribution in [3.63, 3.8) is 0 Å². The van der Waals surface area contributed by atoms with E-state index in [4.69, 9.17) is 21.1 Å². The first-order chi connectivity index (χ1) is 9.60. The van der Waals surface area contributed by atoms with Gasteiger partial charge in [0.2, 0.25) is 0 Å². The van der Waals surface area contributed by atoms with Gasteiger partial charge in [-0.2, -0.15) is 0 Å². The van der Waals surface area contributed by atoms with E-state index in [9.17, 15) is 4.79 Å². The highest BCUT2D eigenvalue weighted by Crippen LogP contribution is 2.18. The zero-order chi connectivity index (χ0) is 14.5. The van der Waals surface area contributed by atoms with Crippen molar-refractivity contribution in [1.82, 2.24) is 0 Å². The molecule has 0 radical (unpaired) electrons. The van der Waals surface area contributed by atoms with Crippen LogP contribution in [-0.2, 0) is 0 Å². The highest BCUT2D eigenvalue weighted by Gasteiger charge is 2.10. The summed E-state index contributed by atoms with van der Waals surface area (Å²) < 4.78 is 5.03. The monoisotopic (exact) mass is 294 g/mol. The Morgan fingerprint density at radius 2 is 2.00 bits per heavy atom.